The van der Waals surface area contributed by atoms with E-state index in [4.69, 9.17) is 4.74 Å². The molecule has 38 heavy (non-hydrogen) atoms. The van der Waals surface area contributed by atoms with Gasteiger partial charge in [-0.05, 0) is 68.3 Å². The third-order valence-corrected chi connectivity index (χ3v) is 8.48. The van der Waals surface area contributed by atoms with E-state index in [1.54, 1.807) is 18.4 Å². The molecule has 10 nitrogen and oxygen atoms in total. The molecule has 1 aromatic carbocycles. The van der Waals surface area contributed by atoms with Gasteiger partial charge in [0.1, 0.15) is 11.4 Å². The number of hydrogen-bond acceptors (Lipinski definition) is 7. The maximum Gasteiger partial charge on any atom is 0.270 e. The van der Waals surface area contributed by atoms with Gasteiger partial charge in [0.2, 0.25) is 0 Å². The quantitative estimate of drug-likeness (QED) is 0.390. The molecule has 4 aromatic rings. The number of H-pyrrole nitrogens is 1. The summed E-state index contributed by atoms with van der Waals surface area (Å²) in [5, 5.41) is 18.6. The van der Waals surface area contributed by atoms with Crippen LogP contribution in [-0.2, 0) is 19.5 Å². The fraction of sp³-hybridized carbons (Fsp3) is 0.370. The molecule has 0 saturated carbocycles. The van der Waals surface area contributed by atoms with E-state index in [1.165, 1.54) is 0 Å². The van der Waals surface area contributed by atoms with Crippen molar-refractivity contribution in [1.29, 1.82) is 0 Å². The lowest BCUT2D eigenvalue weighted by Gasteiger charge is -2.32. The van der Waals surface area contributed by atoms with Crippen LogP contribution in [0.25, 0.3) is 21.7 Å². The number of tetrazole rings is 1. The van der Waals surface area contributed by atoms with Crippen molar-refractivity contribution in [3.63, 3.8) is 0 Å². The standard InChI is InChI=1S/C27H29N7O3S/c1-27(2)8-5-9-34(27)26(36)20-14-19(22-6-4-11-38-22)24-17-13-18(25(35)28-15-23-29-31-32-30-23)21(37-3)12-16(17)7-10-33(20)24/h4,6,11-14H,5,7-10,15H2,1-3H3,(H,28,35)(H,29,30,31,32). The second-order valence-electron chi connectivity index (χ2n) is 10.3. The van der Waals surface area contributed by atoms with Crippen LogP contribution >= 0.6 is 11.3 Å². The Morgan fingerprint density at radius 3 is 2.76 bits per heavy atom. The number of amides is 2. The molecule has 11 heteroatoms. The average Bonchev–Trinajstić information content (AvgIpc) is 3.72. The second-order valence-corrected chi connectivity index (χ2v) is 11.2. The highest BCUT2D eigenvalue weighted by molar-refractivity contribution is 7.13. The van der Waals surface area contributed by atoms with Crippen LogP contribution in [0.4, 0.5) is 0 Å². The Morgan fingerprint density at radius 1 is 1.21 bits per heavy atom. The first kappa shape index (κ1) is 24.4. The fourth-order valence-electron chi connectivity index (χ4n) is 5.63. The molecule has 3 aromatic heterocycles. The van der Waals surface area contributed by atoms with Gasteiger partial charge in [-0.1, -0.05) is 11.3 Å². The Morgan fingerprint density at radius 2 is 2.08 bits per heavy atom. The van der Waals surface area contributed by atoms with Crippen molar-refractivity contribution in [2.75, 3.05) is 13.7 Å². The maximum absolute atomic E-state index is 13.9. The summed E-state index contributed by atoms with van der Waals surface area (Å²) in [5.41, 5.74) is 4.92. The molecule has 0 radical (unpaired) electrons. The van der Waals surface area contributed by atoms with E-state index in [9.17, 15) is 9.59 Å². The summed E-state index contributed by atoms with van der Waals surface area (Å²) in [4.78, 5) is 30.2. The smallest absolute Gasteiger partial charge is 0.270 e. The molecule has 2 amide bonds. The molecule has 1 saturated heterocycles. The number of methoxy groups -OCH3 is 1. The number of ether oxygens (including phenoxy) is 1. The van der Waals surface area contributed by atoms with Crippen molar-refractivity contribution in [3.05, 3.63) is 58.4 Å². The Hall–Kier alpha value is -3.99. The minimum atomic E-state index is -0.300. The lowest BCUT2D eigenvalue weighted by Crippen LogP contribution is -2.43. The van der Waals surface area contributed by atoms with E-state index in [0.29, 0.717) is 29.4 Å². The van der Waals surface area contributed by atoms with Crippen molar-refractivity contribution in [2.24, 2.45) is 0 Å². The molecule has 0 aliphatic carbocycles. The lowest BCUT2D eigenvalue weighted by atomic mass is 9.93. The van der Waals surface area contributed by atoms with Crippen LogP contribution in [0.3, 0.4) is 0 Å². The maximum atomic E-state index is 13.9. The van der Waals surface area contributed by atoms with Gasteiger partial charge in [0.15, 0.2) is 5.82 Å². The van der Waals surface area contributed by atoms with E-state index in [2.05, 4.69) is 50.4 Å². The normalized spacial score (nSPS) is 15.7. The summed E-state index contributed by atoms with van der Waals surface area (Å²) in [6.45, 7) is 5.85. The van der Waals surface area contributed by atoms with Gasteiger partial charge in [0.05, 0.1) is 24.9 Å². The first-order chi connectivity index (χ1) is 18.4. The molecule has 0 atom stereocenters. The first-order valence-corrected chi connectivity index (χ1v) is 13.6. The number of rotatable bonds is 6. The van der Waals surface area contributed by atoms with Gasteiger partial charge >= 0.3 is 0 Å². The number of aromatic nitrogens is 5. The van der Waals surface area contributed by atoms with Crippen LogP contribution in [0.15, 0.2) is 35.7 Å². The number of benzene rings is 1. The van der Waals surface area contributed by atoms with Crippen molar-refractivity contribution < 1.29 is 14.3 Å². The fourth-order valence-corrected chi connectivity index (χ4v) is 6.37. The van der Waals surface area contributed by atoms with Crippen molar-refractivity contribution in [1.82, 2.24) is 35.4 Å². The third-order valence-electron chi connectivity index (χ3n) is 7.57. The number of thiophene rings is 1. The van der Waals surface area contributed by atoms with Gasteiger partial charge < -0.3 is 19.5 Å². The predicted octanol–water partition coefficient (Wildman–Crippen LogP) is 3.91. The van der Waals surface area contributed by atoms with Crippen LogP contribution in [0.5, 0.6) is 5.75 Å². The first-order valence-electron chi connectivity index (χ1n) is 12.7. The number of fused-ring (bicyclic) bond motifs is 3. The molecule has 2 aliphatic rings. The summed E-state index contributed by atoms with van der Waals surface area (Å²) in [7, 11) is 1.56. The molecule has 2 aliphatic heterocycles. The number of aryl methyl sites for hydroxylation is 1. The molecule has 0 unspecified atom stereocenters. The van der Waals surface area contributed by atoms with Gasteiger partial charge in [-0.3, -0.25) is 9.59 Å². The van der Waals surface area contributed by atoms with Gasteiger partial charge in [-0.15, -0.1) is 21.5 Å². The second kappa shape index (κ2) is 9.39. The minimum absolute atomic E-state index is 0.0617. The van der Waals surface area contributed by atoms with Crippen LogP contribution in [0.1, 0.15) is 58.9 Å². The Labute approximate surface area is 224 Å². The summed E-state index contributed by atoms with van der Waals surface area (Å²) in [6.07, 6.45) is 2.73. The molecule has 1 fully saturated rings. The number of aromatic amines is 1. The molecule has 5 heterocycles. The van der Waals surface area contributed by atoms with Crippen molar-refractivity contribution >= 4 is 23.2 Å². The number of likely N-dealkylation sites (tertiary alicyclic amines) is 1. The third kappa shape index (κ3) is 4.07. The van der Waals surface area contributed by atoms with E-state index >= 15 is 0 Å². The van der Waals surface area contributed by atoms with Gasteiger partial charge in [0, 0.05) is 34.6 Å². The van der Waals surface area contributed by atoms with Crippen LogP contribution in [0, 0.1) is 0 Å². The number of hydrogen-bond donors (Lipinski definition) is 2. The van der Waals surface area contributed by atoms with Crippen LogP contribution in [0.2, 0.25) is 0 Å². The number of nitrogens with zero attached hydrogens (tertiary/aromatic N) is 5. The zero-order valence-corrected chi connectivity index (χ0v) is 22.4. The zero-order chi connectivity index (χ0) is 26.4. The predicted molar refractivity (Wildman–Crippen MR) is 143 cm³/mol. The van der Waals surface area contributed by atoms with E-state index in [0.717, 1.165) is 53.1 Å². The number of carbonyl (C=O) groups excluding carboxylic acids is 2. The number of carbonyl (C=O) groups is 2. The summed E-state index contributed by atoms with van der Waals surface area (Å²) in [6, 6.07) is 9.95. The molecule has 196 valence electrons. The Balaban J connectivity index is 1.46. The Bertz CT molecular complexity index is 1510. The molecule has 6 rings (SSSR count). The van der Waals surface area contributed by atoms with Gasteiger partial charge in [0.25, 0.3) is 11.8 Å². The highest BCUT2D eigenvalue weighted by atomic mass is 32.1. The monoisotopic (exact) mass is 531 g/mol. The van der Waals surface area contributed by atoms with Crippen molar-refractivity contribution in [3.8, 4) is 27.4 Å². The van der Waals surface area contributed by atoms with Gasteiger partial charge in [-0.2, -0.15) is 5.21 Å². The highest BCUT2D eigenvalue weighted by Gasteiger charge is 2.38. The van der Waals surface area contributed by atoms with Crippen molar-refractivity contribution in [2.45, 2.75) is 51.7 Å². The molecular weight excluding hydrogens is 502 g/mol. The summed E-state index contributed by atoms with van der Waals surface area (Å²) >= 11 is 1.64. The molecule has 0 bridgehead atoms. The van der Waals surface area contributed by atoms with Gasteiger partial charge in [-0.25, -0.2) is 0 Å². The Kier molecular flexibility index (Phi) is 6.02. The van der Waals surface area contributed by atoms with Crippen LogP contribution < -0.4 is 10.1 Å². The average molecular weight is 532 g/mol. The minimum Gasteiger partial charge on any atom is -0.496 e. The largest absolute Gasteiger partial charge is 0.496 e. The van der Waals surface area contributed by atoms with Crippen LogP contribution in [-0.4, -0.2) is 61.1 Å². The highest BCUT2D eigenvalue weighted by Crippen LogP contribution is 2.44. The summed E-state index contributed by atoms with van der Waals surface area (Å²) < 4.78 is 7.76. The van der Waals surface area contributed by atoms with E-state index in [-0.39, 0.29) is 23.9 Å². The SMILES string of the molecule is COc1cc2c(cc1C(=O)NCc1nn[nH]n1)-c1c(-c3cccs3)cc(C(=O)N3CCCC3(C)C)n1CC2. The molecule has 2 N–H and O–H groups in total. The molecular formula is C27H29N7O3S. The lowest BCUT2D eigenvalue weighted by molar-refractivity contribution is 0.0640. The zero-order valence-electron chi connectivity index (χ0n) is 21.6. The number of nitrogens with one attached hydrogen (secondary N) is 2. The summed E-state index contributed by atoms with van der Waals surface area (Å²) in [5.74, 6) is 0.650. The van der Waals surface area contributed by atoms with E-state index in [1.807, 2.05) is 34.5 Å². The topological polar surface area (TPSA) is 118 Å². The molecule has 0 spiro atoms. The van der Waals surface area contributed by atoms with E-state index < -0.39 is 0 Å².